The number of halogens is 2. The molecule has 2 rings (SSSR count). The molecule has 2 aliphatic rings. The van der Waals surface area contributed by atoms with Crippen LogP contribution in [0.15, 0.2) is 0 Å². The quantitative estimate of drug-likeness (QED) is 0.708. The number of esters is 1. The maximum Gasteiger partial charge on any atom is 0.310 e. The fraction of sp³-hybridized carbons (Fsp3) is 0.750. The summed E-state index contributed by atoms with van der Waals surface area (Å²) in [5.74, 6) is -5.87. The van der Waals surface area contributed by atoms with Crippen LogP contribution in [-0.2, 0) is 19.1 Å². The van der Waals surface area contributed by atoms with Gasteiger partial charge in [0.05, 0.1) is 31.5 Å². The molecule has 19 heavy (non-hydrogen) atoms. The van der Waals surface area contributed by atoms with E-state index in [0.29, 0.717) is 0 Å². The number of ketones is 1. The first kappa shape index (κ1) is 13.9. The molecule has 0 unspecified atom stereocenters. The highest BCUT2D eigenvalue weighted by Crippen LogP contribution is 2.35. The molecule has 1 heterocycles. The number of likely N-dealkylation sites (tertiary alicyclic amines) is 1. The Labute approximate surface area is 108 Å². The van der Waals surface area contributed by atoms with Gasteiger partial charge in [0.25, 0.3) is 5.92 Å². The van der Waals surface area contributed by atoms with Crippen LogP contribution in [0.4, 0.5) is 8.78 Å². The third-order valence-electron chi connectivity index (χ3n) is 3.44. The van der Waals surface area contributed by atoms with Crippen LogP contribution >= 0.6 is 0 Å². The van der Waals surface area contributed by atoms with Gasteiger partial charge in [-0.05, 0) is 6.92 Å². The molecule has 0 N–H and O–H groups in total. The summed E-state index contributed by atoms with van der Waals surface area (Å²) in [4.78, 5) is 36.1. The number of rotatable bonds is 3. The standard InChI is InChI=1S/C12H15F2NO4/c1-2-19-11(18)9-4-7(16)3-8(9)10(17)15-5-12(13,14)6-15/h8-9H,2-6H2,1H3/t8-,9-/m1/s1. The molecule has 0 aromatic heterocycles. The lowest BCUT2D eigenvalue weighted by molar-refractivity contribution is -0.173. The number of carbonyl (C=O) groups is 3. The molecule has 2 fully saturated rings. The van der Waals surface area contributed by atoms with Gasteiger partial charge < -0.3 is 9.64 Å². The van der Waals surface area contributed by atoms with Crippen LogP contribution in [0.1, 0.15) is 19.8 Å². The zero-order valence-electron chi connectivity index (χ0n) is 10.5. The predicted molar refractivity (Wildman–Crippen MR) is 59.4 cm³/mol. The first-order chi connectivity index (χ1) is 8.84. The van der Waals surface area contributed by atoms with Crippen molar-refractivity contribution in [1.82, 2.24) is 4.90 Å². The molecule has 106 valence electrons. The zero-order valence-corrected chi connectivity index (χ0v) is 10.5. The van der Waals surface area contributed by atoms with Crippen LogP contribution in [0.2, 0.25) is 0 Å². The van der Waals surface area contributed by atoms with Gasteiger partial charge in [0.1, 0.15) is 5.78 Å². The second kappa shape index (κ2) is 4.86. The number of nitrogens with zero attached hydrogens (tertiary/aromatic N) is 1. The molecule has 0 bridgehead atoms. The Kier molecular flexibility index (Phi) is 3.56. The summed E-state index contributed by atoms with van der Waals surface area (Å²) in [5, 5.41) is 0. The highest BCUT2D eigenvalue weighted by atomic mass is 19.3. The number of Topliss-reactive ketones (excluding diaryl/α,β-unsaturated/α-hetero) is 1. The topological polar surface area (TPSA) is 63.7 Å². The Morgan fingerprint density at radius 2 is 1.89 bits per heavy atom. The Hall–Kier alpha value is -1.53. The van der Waals surface area contributed by atoms with Crippen molar-refractivity contribution in [2.75, 3.05) is 19.7 Å². The third-order valence-corrected chi connectivity index (χ3v) is 3.44. The molecule has 1 saturated carbocycles. The van der Waals surface area contributed by atoms with E-state index >= 15 is 0 Å². The van der Waals surface area contributed by atoms with Gasteiger partial charge >= 0.3 is 5.97 Å². The number of hydrogen-bond acceptors (Lipinski definition) is 4. The molecular weight excluding hydrogens is 260 g/mol. The van der Waals surface area contributed by atoms with Crippen molar-refractivity contribution in [2.24, 2.45) is 11.8 Å². The molecule has 0 aromatic carbocycles. The minimum atomic E-state index is -2.85. The van der Waals surface area contributed by atoms with E-state index in [4.69, 9.17) is 4.74 Å². The van der Waals surface area contributed by atoms with E-state index in [1.54, 1.807) is 6.92 Å². The molecule has 1 aliphatic carbocycles. The molecule has 7 heteroatoms. The molecule has 1 amide bonds. The van der Waals surface area contributed by atoms with Crippen molar-refractivity contribution < 1.29 is 27.9 Å². The van der Waals surface area contributed by atoms with Gasteiger partial charge in [0.15, 0.2) is 0 Å². The van der Waals surface area contributed by atoms with Crippen LogP contribution in [0.25, 0.3) is 0 Å². The Morgan fingerprint density at radius 3 is 2.42 bits per heavy atom. The monoisotopic (exact) mass is 275 g/mol. The maximum atomic E-state index is 12.7. The van der Waals surface area contributed by atoms with Gasteiger partial charge in [0.2, 0.25) is 5.91 Å². The van der Waals surface area contributed by atoms with E-state index in [1.807, 2.05) is 0 Å². The van der Waals surface area contributed by atoms with E-state index in [9.17, 15) is 23.2 Å². The van der Waals surface area contributed by atoms with Gasteiger partial charge in [-0.25, -0.2) is 8.78 Å². The van der Waals surface area contributed by atoms with Crippen LogP contribution in [0.3, 0.4) is 0 Å². The fourth-order valence-corrected chi connectivity index (χ4v) is 2.52. The molecule has 0 radical (unpaired) electrons. The summed E-state index contributed by atoms with van der Waals surface area (Å²) in [7, 11) is 0. The first-order valence-electron chi connectivity index (χ1n) is 6.19. The van der Waals surface area contributed by atoms with Gasteiger partial charge in [-0.1, -0.05) is 0 Å². The SMILES string of the molecule is CCOC(=O)[C@@H]1CC(=O)C[C@H]1C(=O)N1CC(F)(F)C1. The first-order valence-corrected chi connectivity index (χ1v) is 6.19. The van der Waals surface area contributed by atoms with Gasteiger partial charge in [0, 0.05) is 12.8 Å². The second-order valence-electron chi connectivity index (χ2n) is 4.96. The average molecular weight is 275 g/mol. The summed E-state index contributed by atoms with van der Waals surface area (Å²) in [6.07, 6.45) is -0.107. The van der Waals surface area contributed by atoms with Crippen molar-refractivity contribution in [2.45, 2.75) is 25.7 Å². The predicted octanol–water partition coefficient (Wildman–Crippen LogP) is 0.622. The zero-order chi connectivity index (χ0) is 14.2. The van der Waals surface area contributed by atoms with E-state index in [1.165, 1.54) is 0 Å². The number of ether oxygens (including phenoxy) is 1. The van der Waals surface area contributed by atoms with Crippen LogP contribution in [-0.4, -0.2) is 48.2 Å². The summed E-state index contributed by atoms with van der Waals surface area (Å²) >= 11 is 0. The number of amides is 1. The molecule has 1 aliphatic heterocycles. The number of alkyl halides is 2. The van der Waals surface area contributed by atoms with Crippen molar-refractivity contribution >= 4 is 17.7 Å². The van der Waals surface area contributed by atoms with E-state index in [0.717, 1.165) is 4.90 Å². The molecule has 2 atom stereocenters. The van der Waals surface area contributed by atoms with Crippen LogP contribution in [0.5, 0.6) is 0 Å². The van der Waals surface area contributed by atoms with Crippen molar-refractivity contribution in [3.05, 3.63) is 0 Å². The average Bonchev–Trinajstić information content (AvgIpc) is 2.67. The van der Waals surface area contributed by atoms with Gasteiger partial charge in [-0.15, -0.1) is 0 Å². The van der Waals surface area contributed by atoms with Crippen LogP contribution < -0.4 is 0 Å². The number of carbonyl (C=O) groups excluding carboxylic acids is 3. The van der Waals surface area contributed by atoms with Crippen LogP contribution in [0, 0.1) is 11.8 Å². The smallest absolute Gasteiger partial charge is 0.310 e. The van der Waals surface area contributed by atoms with E-state index < -0.39 is 42.7 Å². The van der Waals surface area contributed by atoms with Crippen molar-refractivity contribution in [3.8, 4) is 0 Å². The molecule has 1 saturated heterocycles. The summed E-state index contributed by atoms with van der Waals surface area (Å²) in [5.41, 5.74) is 0. The second-order valence-corrected chi connectivity index (χ2v) is 4.96. The third kappa shape index (κ3) is 2.74. The highest BCUT2D eigenvalue weighted by molar-refractivity contribution is 5.97. The Morgan fingerprint density at radius 1 is 1.32 bits per heavy atom. The van der Waals surface area contributed by atoms with E-state index in [-0.39, 0.29) is 25.2 Å². The van der Waals surface area contributed by atoms with E-state index in [2.05, 4.69) is 0 Å². The lowest BCUT2D eigenvalue weighted by Gasteiger charge is -2.40. The largest absolute Gasteiger partial charge is 0.466 e. The Bertz CT molecular complexity index is 416. The minimum absolute atomic E-state index is 0.0422. The molecule has 0 spiro atoms. The van der Waals surface area contributed by atoms with Crippen molar-refractivity contribution in [3.63, 3.8) is 0 Å². The molecule has 5 nitrogen and oxygen atoms in total. The molecule has 0 aromatic rings. The normalized spacial score (nSPS) is 29.0. The highest BCUT2D eigenvalue weighted by Gasteiger charge is 2.51. The maximum absolute atomic E-state index is 12.7. The number of hydrogen-bond donors (Lipinski definition) is 0. The summed E-state index contributed by atoms with van der Waals surface area (Å²) < 4.78 is 30.3. The molecular formula is C12H15F2NO4. The summed E-state index contributed by atoms with van der Waals surface area (Å²) in [6.45, 7) is 0.520. The van der Waals surface area contributed by atoms with Gasteiger partial charge in [-0.2, -0.15) is 0 Å². The fourth-order valence-electron chi connectivity index (χ4n) is 2.52. The lowest BCUT2D eigenvalue weighted by atomic mass is 9.93. The van der Waals surface area contributed by atoms with Crippen molar-refractivity contribution in [1.29, 1.82) is 0 Å². The van der Waals surface area contributed by atoms with Gasteiger partial charge in [-0.3, -0.25) is 14.4 Å². The lowest BCUT2D eigenvalue weighted by Crippen LogP contribution is -2.60. The minimum Gasteiger partial charge on any atom is -0.466 e. The Balaban J connectivity index is 2.03. The summed E-state index contributed by atoms with van der Waals surface area (Å²) in [6, 6.07) is 0.